The van der Waals surface area contributed by atoms with E-state index in [-0.39, 0.29) is 11.4 Å². The number of sulfonamides is 1. The maximum atomic E-state index is 15.1. The van der Waals surface area contributed by atoms with Crippen molar-refractivity contribution in [1.82, 2.24) is 19.4 Å². The number of halogens is 3. The minimum atomic E-state index is -4.47. The lowest BCUT2D eigenvalue weighted by Gasteiger charge is -2.13. The predicted octanol–water partition coefficient (Wildman–Crippen LogP) is 3.08. The summed E-state index contributed by atoms with van der Waals surface area (Å²) in [4.78, 5) is 11.2. The standard InChI is InChI=1S/C21H14F3N5O3S/c1-32-21-18(8-13(9-22)10-27-21)33(30,31)28-17-5-4-16(23)15(20(17)24)3-2-14-11-25-12-19-26-6-7-29(14)19/h4-8,10-12,28H,9H2,1H3. The van der Waals surface area contributed by atoms with Crippen molar-refractivity contribution in [3.05, 3.63) is 77.6 Å². The van der Waals surface area contributed by atoms with E-state index in [2.05, 4.69) is 26.8 Å². The lowest BCUT2D eigenvalue weighted by Crippen LogP contribution is -2.16. The lowest BCUT2D eigenvalue weighted by molar-refractivity contribution is 0.383. The molecule has 3 heterocycles. The summed E-state index contributed by atoms with van der Waals surface area (Å²) in [6.45, 7) is -0.970. The SMILES string of the molecule is COc1ncc(CF)cc1S(=O)(=O)Nc1ccc(F)c(C#Cc2cncc3nccn23)c1F. The number of nitrogens with zero attached hydrogens (tertiary/aromatic N) is 4. The van der Waals surface area contributed by atoms with E-state index >= 15 is 4.39 Å². The largest absolute Gasteiger partial charge is 0.480 e. The Kier molecular flexibility index (Phi) is 5.89. The average Bonchev–Trinajstić information content (AvgIpc) is 3.30. The minimum Gasteiger partial charge on any atom is -0.480 e. The van der Waals surface area contributed by atoms with Gasteiger partial charge in [0.05, 0.1) is 30.8 Å². The third-order valence-corrected chi connectivity index (χ3v) is 5.84. The highest BCUT2D eigenvalue weighted by molar-refractivity contribution is 7.92. The van der Waals surface area contributed by atoms with Crippen LogP contribution < -0.4 is 9.46 Å². The number of rotatable bonds is 5. The first-order valence-electron chi connectivity index (χ1n) is 9.23. The first-order valence-corrected chi connectivity index (χ1v) is 10.7. The Morgan fingerprint density at radius 1 is 1.15 bits per heavy atom. The average molecular weight is 473 g/mol. The summed E-state index contributed by atoms with van der Waals surface area (Å²) in [7, 11) is -3.29. The Bertz CT molecular complexity index is 1530. The van der Waals surface area contributed by atoms with Gasteiger partial charge in [-0.3, -0.25) is 14.1 Å². The Labute approximate surface area is 186 Å². The quantitative estimate of drug-likeness (QED) is 0.448. The van der Waals surface area contributed by atoms with E-state index in [9.17, 15) is 17.2 Å². The Hall–Kier alpha value is -4.11. The van der Waals surface area contributed by atoms with E-state index in [1.807, 2.05) is 4.72 Å². The fraction of sp³-hybridized carbons (Fsp3) is 0.0952. The van der Waals surface area contributed by atoms with E-state index in [0.29, 0.717) is 11.3 Å². The van der Waals surface area contributed by atoms with Gasteiger partial charge in [0, 0.05) is 24.2 Å². The molecule has 0 fully saturated rings. The number of ether oxygens (including phenoxy) is 1. The van der Waals surface area contributed by atoms with E-state index in [1.54, 1.807) is 10.6 Å². The molecule has 0 radical (unpaired) electrons. The summed E-state index contributed by atoms with van der Waals surface area (Å²) >= 11 is 0. The Morgan fingerprint density at radius 3 is 2.73 bits per heavy atom. The van der Waals surface area contributed by atoms with Gasteiger partial charge in [-0.05, 0) is 24.1 Å². The number of fused-ring (bicyclic) bond motifs is 1. The number of hydrogen-bond donors (Lipinski definition) is 1. The number of aromatic nitrogens is 4. The van der Waals surface area contributed by atoms with E-state index in [4.69, 9.17) is 4.74 Å². The minimum absolute atomic E-state index is 0.0235. The first-order chi connectivity index (χ1) is 15.8. The van der Waals surface area contributed by atoms with Crippen molar-refractivity contribution in [2.24, 2.45) is 0 Å². The summed E-state index contributed by atoms with van der Waals surface area (Å²) in [5.74, 6) is 2.44. The predicted molar refractivity (Wildman–Crippen MR) is 112 cm³/mol. The van der Waals surface area contributed by atoms with Gasteiger partial charge >= 0.3 is 0 Å². The molecule has 33 heavy (non-hydrogen) atoms. The van der Waals surface area contributed by atoms with Crippen molar-refractivity contribution in [1.29, 1.82) is 0 Å². The highest BCUT2D eigenvalue weighted by atomic mass is 32.2. The van der Waals surface area contributed by atoms with Crippen molar-refractivity contribution >= 4 is 21.4 Å². The highest BCUT2D eigenvalue weighted by Gasteiger charge is 2.24. The summed E-state index contributed by atoms with van der Waals surface area (Å²) in [5.41, 5.74) is -0.442. The van der Waals surface area contributed by atoms with Gasteiger partial charge in [0.1, 0.15) is 23.1 Å². The highest BCUT2D eigenvalue weighted by Crippen LogP contribution is 2.27. The molecule has 168 valence electrons. The van der Waals surface area contributed by atoms with Crippen molar-refractivity contribution in [3.8, 4) is 17.7 Å². The molecule has 0 bridgehead atoms. The topological polar surface area (TPSA) is 98.5 Å². The number of imidazole rings is 1. The molecule has 12 heteroatoms. The van der Waals surface area contributed by atoms with E-state index in [1.165, 1.54) is 25.7 Å². The molecular formula is C21H14F3N5O3S. The molecule has 4 rings (SSSR count). The number of alkyl halides is 1. The number of pyridine rings is 1. The van der Waals surface area contributed by atoms with Crippen LogP contribution in [-0.2, 0) is 16.7 Å². The van der Waals surface area contributed by atoms with E-state index < -0.39 is 44.5 Å². The van der Waals surface area contributed by atoms with Gasteiger partial charge in [0.2, 0.25) is 5.88 Å². The molecular weight excluding hydrogens is 459 g/mol. The van der Waals surface area contributed by atoms with Crippen molar-refractivity contribution in [2.45, 2.75) is 11.6 Å². The monoisotopic (exact) mass is 473 g/mol. The number of benzene rings is 1. The van der Waals surface area contributed by atoms with Gasteiger partial charge in [-0.1, -0.05) is 5.92 Å². The number of anilines is 1. The maximum Gasteiger partial charge on any atom is 0.267 e. The lowest BCUT2D eigenvalue weighted by atomic mass is 10.1. The second-order valence-electron chi connectivity index (χ2n) is 6.57. The van der Waals surface area contributed by atoms with Crippen LogP contribution in [0, 0.1) is 23.5 Å². The molecule has 0 aliphatic carbocycles. The third kappa shape index (κ3) is 4.31. The van der Waals surface area contributed by atoms with Gasteiger partial charge < -0.3 is 4.74 Å². The molecule has 0 saturated carbocycles. The zero-order valence-corrected chi connectivity index (χ0v) is 17.7. The number of methoxy groups -OCH3 is 1. The van der Waals surface area contributed by atoms with Gasteiger partial charge in [-0.25, -0.2) is 31.6 Å². The molecule has 1 N–H and O–H groups in total. The van der Waals surface area contributed by atoms with Gasteiger partial charge in [0.25, 0.3) is 10.0 Å². The van der Waals surface area contributed by atoms with Crippen LogP contribution >= 0.6 is 0 Å². The molecule has 0 aliphatic rings. The smallest absolute Gasteiger partial charge is 0.267 e. The first kappa shape index (κ1) is 22.1. The van der Waals surface area contributed by atoms with Crippen LogP contribution in [0.25, 0.3) is 5.65 Å². The van der Waals surface area contributed by atoms with Crippen LogP contribution in [0.3, 0.4) is 0 Å². The molecule has 0 unspecified atom stereocenters. The van der Waals surface area contributed by atoms with Crippen LogP contribution in [0.5, 0.6) is 5.88 Å². The number of hydrogen-bond acceptors (Lipinski definition) is 6. The van der Waals surface area contributed by atoms with Gasteiger partial charge in [-0.2, -0.15) is 0 Å². The normalized spacial score (nSPS) is 11.2. The summed E-state index contributed by atoms with van der Waals surface area (Å²) in [5, 5.41) is 0. The Balaban J connectivity index is 1.74. The van der Waals surface area contributed by atoms with Crippen molar-refractivity contribution in [3.63, 3.8) is 0 Å². The second-order valence-corrected chi connectivity index (χ2v) is 8.22. The fourth-order valence-corrected chi connectivity index (χ4v) is 4.14. The zero-order chi connectivity index (χ0) is 23.6. The summed E-state index contributed by atoms with van der Waals surface area (Å²) in [6.07, 6.45) is 7.11. The molecule has 0 atom stereocenters. The van der Waals surface area contributed by atoms with Crippen LogP contribution in [0.1, 0.15) is 16.8 Å². The van der Waals surface area contributed by atoms with Crippen LogP contribution in [-0.4, -0.2) is 34.9 Å². The molecule has 0 spiro atoms. The molecule has 0 aliphatic heterocycles. The zero-order valence-electron chi connectivity index (χ0n) is 16.9. The fourth-order valence-electron chi connectivity index (χ4n) is 2.91. The summed E-state index contributed by atoms with van der Waals surface area (Å²) in [6, 6.07) is 2.79. The van der Waals surface area contributed by atoms with Crippen LogP contribution in [0.2, 0.25) is 0 Å². The molecule has 0 saturated heterocycles. The molecule has 1 aromatic carbocycles. The second kappa shape index (κ2) is 8.79. The third-order valence-electron chi connectivity index (χ3n) is 4.48. The van der Waals surface area contributed by atoms with Gasteiger partial charge in [0.15, 0.2) is 11.5 Å². The van der Waals surface area contributed by atoms with Gasteiger partial charge in [-0.15, -0.1) is 0 Å². The van der Waals surface area contributed by atoms with Crippen LogP contribution in [0.4, 0.5) is 18.9 Å². The van der Waals surface area contributed by atoms with Crippen molar-refractivity contribution in [2.75, 3.05) is 11.8 Å². The molecule has 8 nitrogen and oxygen atoms in total. The molecule has 3 aromatic heterocycles. The summed E-state index contributed by atoms with van der Waals surface area (Å²) < 4.78 is 76.5. The molecule has 4 aromatic rings. The van der Waals surface area contributed by atoms with Crippen molar-refractivity contribution < 1.29 is 26.3 Å². The Morgan fingerprint density at radius 2 is 1.97 bits per heavy atom. The molecule has 0 amide bonds. The number of nitrogens with one attached hydrogen (secondary N) is 1. The maximum absolute atomic E-state index is 15.1. The van der Waals surface area contributed by atoms with Crippen LogP contribution in [0.15, 0.2) is 54.1 Å². The van der Waals surface area contributed by atoms with E-state index in [0.717, 1.165) is 24.4 Å².